The van der Waals surface area contributed by atoms with Crippen LogP contribution in [0, 0.1) is 0 Å². The number of carbonyl (C=O) groups is 5. The monoisotopic (exact) mass is 588 g/mol. The van der Waals surface area contributed by atoms with Gasteiger partial charge in [-0.05, 0) is 101 Å². The first-order chi connectivity index (χ1) is 18.7. The highest BCUT2D eigenvalue weighted by Gasteiger charge is 2.28. The van der Waals surface area contributed by atoms with Crippen molar-refractivity contribution in [3.8, 4) is 0 Å². The van der Waals surface area contributed by atoms with Gasteiger partial charge in [0.2, 0.25) is 5.91 Å². The van der Waals surface area contributed by atoms with Gasteiger partial charge in [-0.3, -0.25) is 4.79 Å². The predicted octanol–water partition coefficient (Wildman–Crippen LogP) is 3.93. The molecule has 0 fully saturated rings. The number of hydrogen-bond acceptors (Lipinski definition) is 9. The highest BCUT2D eigenvalue weighted by atomic mass is 16.6. The molecule has 0 saturated carbocycles. The lowest BCUT2D eigenvalue weighted by atomic mass is 10.1. The second-order valence-electron chi connectivity index (χ2n) is 12.6. The number of nitrogens with one attached hydrogen (secondary N) is 4. The molecule has 0 bridgehead atoms. The second-order valence-corrected chi connectivity index (χ2v) is 12.6. The van der Waals surface area contributed by atoms with Crippen molar-refractivity contribution in [2.75, 3.05) is 20.2 Å². The van der Waals surface area contributed by atoms with E-state index in [2.05, 4.69) is 21.3 Å². The molecule has 0 aromatic carbocycles. The molecule has 2 unspecified atom stereocenters. The Balaban J connectivity index is 5.06. The van der Waals surface area contributed by atoms with Crippen LogP contribution in [0.25, 0.3) is 0 Å². The van der Waals surface area contributed by atoms with E-state index in [1.54, 1.807) is 62.3 Å². The average molecular weight is 589 g/mol. The zero-order valence-corrected chi connectivity index (χ0v) is 26.5. The molecule has 0 saturated heterocycles. The highest BCUT2D eigenvalue weighted by Crippen LogP contribution is 2.11. The maximum absolute atomic E-state index is 13.2. The summed E-state index contributed by atoms with van der Waals surface area (Å²) in [5.41, 5.74) is -2.00. The third kappa shape index (κ3) is 21.2. The summed E-state index contributed by atoms with van der Waals surface area (Å²) in [6.45, 7) is 16.3. The van der Waals surface area contributed by atoms with Crippen LogP contribution in [0.3, 0.4) is 0 Å². The number of amides is 4. The number of ether oxygens (including phenoxy) is 4. The molecule has 13 nitrogen and oxygen atoms in total. The summed E-state index contributed by atoms with van der Waals surface area (Å²) in [6.07, 6.45) is 0.666. The van der Waals surface area contributed by atoms with Crippen molar-refractivity contribution >= 4 is 30.2 Å². The molecule has 0 aromatic heterocycles. The number of unbranched alkanes of at least 4 members (excludes halogenated alkanes) is 2. The fourth-order valence-corrected chi connectivity index (χ4v) is 3.34. The Morgan fingerprint density at radius 3 is 1.34 bits per heavy atom. The molecule has 0 radical (unpaired) electrons. The van der Waals surface area contributed by atoms with Crippen LogP contribution in [0.5, 0.6) is 0 Å². The minimum Gasteiger partial charge on any atom is -0.467 e. The number of methoxy groups -OCH3 is 1. The van der Waals surface area contributed by atoms with E-state index in [9.17, 15) is 24.0 Å². The first-order valence-electron chi connectivity index (χ1n) is 14.0. The normalized spacial score (nSPS) is 13.2. The number of esters is 1. The zero-order chi connectivity index (χ0) is 31.9. The van der Waals surface area contributed by atoms with Crippen molar-refractivity contribution in [3.63, 3.8) is 0 Å². The smallest absolute Gasteiger partial charge is 0.408 e. The van der Waals surface area contributed by atoms with E-state index < -0.39 is 59.0 Å². The van der Waals surface area contributed by atoms with Crippen molar-refractivity contribution < 1.29 is 42.9 Å². The largest absolute Gasteiger partial charge is 0.467 e. The second kappa shape index (κ2) is 17.5. The molecule has 0 spiro atoms. The first kappa shape index (κ1) is 37.8. The zero-order valence-electron chi connectivity index (χ0n) is 26.5. The van der Waals surface area contributed by atoms with Gasteiger partial charge >= 0.3 is 24.2 Å². The number of alkyl carbamates (subject to hydrolysis) is 3. The van der Waals surface area contributed by atoms with Crippen molar-refractivity contribution in [3.05, 3.63) is 0 Å². The van der Waals surface area contributed by atoms with Gasteiger partial charge < -0.3 is 40.2 Å². The molecule has 13 heteroatoms. The van der Waals surface area contributed by atoms with Gasteiger partial charge in [0.05, 0.1) is 7.11 Å². The molecule has 0 aliphatic rings. The van der Waals surface area contributed by atoms with Gasteiger partial charge in [0.1, 0.15) is 28.9 Å². The topological polar surface area (TPSA) is 170 Å². The van der Waals surface area contributed by atoms with Gasteiger partial charge in [0.15, 0.2) is 0 Å². The van der Waals surface area contributed by atoms with Crippen LogP contribution in [0.2, 0.25) is 0 Å². The number of hydrogen-bond donors (Lipinski definition) is 4. The van der Waals surface area contributed by atoms with Crippen LogP contribution >= 0.6 is 0 Å². The maximum Gasteiger partial charge on any atom is 0.408 e. The molecule has 4 amide bonds. The van der Waals surface area contributed by atoms with Crippen LogP contribution in [0.4, 0.5) is 14.4 Å². The Labute approximate surface area is 244 Å². The summed E-state index contributed by atoms with van der Waals surface area (Å²) in [5.74, 6) is -1.20. The van der Waals surface area contributed by atoms with Crippen LogP contribution in [0.1, 0.15) is 101 Å². The van der Waals surface area contributed by atoms with Crippen LogP contribution in [-0.2, 0) is 28.5 Å². The molecule has 0 aliphatic carbocycles. The number of carbonyl (C=O) groups excluding carboxylic acids is 5. The van der Waals surface area contributed by atoms with Crippen LogP contribution in [-0.4, -0.2) is 79.2 Å². The molecule has 41 heavy (non-hydrogen) atoms. The number of rotatable bonds is 14. The lowest BCUT2D eigenvalue weighted by Gasteiger charge is -2.25. The fraction of sp³-hybridized carbons (Fsp3) is 0.821. The molecular weight excluding hydrogens is 536 g/mol. The summed E-state index contributed by atoms with van der Waals surface area (Å²) in [6, 6.07) is -1.95. The summed E-state index contributed by atoms with van der Waals surface area (Å²) >= 11 is 0. The Hall–Kier alpha value is -3.25. The molecule has 4 N–H and O–H groups in total. The Morgan fingerprint density at radius 1 is 0.561 bits per heavy atom. The van der Waals surface area contributed by atoms with Gasteiger partial charge in [0.25, 0.3) is 0 Å². The minimum atomic E-state index is -0.993. The lowest BCUT2D eigenvalue weighted by molar-refractivity contribution is -0.145. The van der Waals surface area contributed by atoms with Crippen molar-refractivity contribution in [1.29, 1.82) is 0 Å². The minimum absolute atomic E-state index is 0.231. The summed E-state index contributed by atoms with van der Waals surface area (Å²) in [7, 11) is 1.22. The Kier molecular flexibility index (Phi) is 16.1. The maximum atomic E-state index is 13.2. The molecule has 0 heterocycles. The molecular formula is C28H52N4O9. The Morgan fingerprint density at radius 2 is 0.951 bits per heavy atom. The van der Waals surface area contributed by atoms with E-state index in [-0.39, 0.29) is 12.8 Å². The molecule has 0 aliphatic heterocycles. The fourth-order valence-electron chi connectivity index (χ4n) is 3.34. The predicted molar refractivity (Wildman–Crippen MR) is 153 cm³/mol. The summed E-state index contributed by atoms with van der Waals surface area (Å²) < 4.78 is 20.5. The molecule has 238 valence electrons. The van der Waals surface area contributed by atoms with Gasteiger partial charge in [-0.1, -0.05) is 0 Å². The van der Waals surface area contributed by atoms with Gasteiger partial charge in [-0.15, -0.1) is 0 Å². The molecule has 0 aromatic rings. The quantitative estimate of drug-likeness (QED) is 0.133. The van der Waals surface area contributed by atoms with E-state index >= 15 is 0 Å². The van der Waals surface area contributed by atoms with Gasteiger partial charge in [-0.25, -0.2) is 19.2 Å². The Bertz CT molecular complexity index is 858. The van der Waals surface area contributed by atoms with Gasteiger partial charge in [-0.2, -0.15) is 0 Å². The standard InChI is InChI=1S/C28H52N4O9/c1-26(2,3)39-23(35)29-17-13-11-15-19(32-25(37)41-28(7,8)9)21(33)31-20(22(34)38-10)16-12-14-18-30-24(36)40-27(4,5)6/h19-20H,11-18H2,1-10H3,(H,29,35)(H,30,36)(H,31,33)(H,32,37). The van der Waals surface area contributed by atoms with E-state index in [0.717, 1.165) is 0 Å². The summed E-state index contributed by atoms with van der Waals surface area (Å²) in [4.78, 5) is 61.6. The third-order valence-corrected chi connectivity index (χ3v) is 4.99. The summed E-state index contributed by atoms with van der Waals surface area (Å²) in [5, 5.41) is 10.5. The van der Waals surface area contributed by atoms with Crippen LogP contribution in [0.15, 0.2) is 0 Å². The van der Waals surface area contributed by atoms with Crippen molar-refractivity contribution in [2.45, 2.75) is 130 Å². The molecule has 0 rings (SSSR count). The molecule has 2 atom stereocenters. The highest BCUT2D eigenvalue weighted by molar-refractivity contribution is 5.89. The van der Waals surface area contributed by atoms with Gasteiger partial charge in [0, 0.05) is 13.1 Å². The van der Waals surface area contributed by atoms with Crippen LogP contribution < -0.4 is 21.3 Å². The van der Waals surface area contributed by atoms with E-state index in [0.29, 0.717) is 38.8 Å². The lowest BCUT2D eigenvalue weighted by Crippen LogP contribution is -2.52. The first-order valence-corrected chi connectivity index (χ1v) is 14.0. The average Bonchev–Trinajstić information content (AvgIpc) is 2.77. The van der Waals surface area contributed by atoms with E-state index in [1.165, 1.54) is 7.11 Å². The van der Waals surface area contributed by atoms with Crippen molar-refractivity contribution in [2.24, 2.45) is 0 Å². The van der Waals surface area contributed by atoms with E-state index in [1.807, 2.05) is 0 Å². The SMILES string of the molecule is COC(=O)C(CCCCNC(=O)OC(C)(C)C)NC(=O)C(CCCCNC(=O)OC(C)(C)C)NC(=O)OC(C)(C)C. The third-order valence-electron chi connectivity index (χ3n) is 4.99. The van der Waals surface area contributed by atoms with Crippen molar-refractivity contribution in [1.82, 2.24) is 21.3 Å². The van der Waals surface area contributed by atoms with E-state index in [4.69, 9.17) is 18.9 Å².